The van der Waals surface area contributed by atoms with Crippen molar-refractivity contribution in [3.8, 4) is 0 Å². The molecule has 0 aliphatic heterocycles. The average molecular weight is 296 g/mol. The summed E-state index contributed by atoms with van der Waals surface area (Å²) in [6, 6.07) is 3.35. The van der Waals surface area contributed by atoms with E-state index in [1.54, 1.807) is 37.0 Å². The molecule has 5 nitrogen and oxygen atoms in total. The fraction of sp³-hybridized carbons (Fsp3) is 0.500. The van der Waals surface area contributed by atoms with Gasteiger partial charge in [0.15, 0.2) is 0 Å². The van der Waals surface area contributed by atoms with Crippen LogP contribution in [0, 0.1) is 0 Å². The van der Waals surface area contributed by atoms with E-state index in [4.69, 9.17) is 4.74 Å². The van der Waals surface area contributed by atoms with E-state index in [0.29, 0.717) is 12.0 Å². The Morgan fingerprint density at radius 1 is 1.45 bits per heavy atom. The fourth-order valence-electron chi connectivity index (χ4n) is 1.61. The van der Waals surface area contributed by atoms with Gasteiger partial charge in [-0.3, -0.25) is 4.79 Å². The number of methoxy groups -OCH3 is 1. The largest absolute Gasteiger partial charge is 0.467 e. The zero-order valence-electron chi connectivity index (χ0n) is 12.2. The standard InChI is InChI=1S/C14H20N2O3S/c1-5-14(3,13(18)19-4)16-12(17)10-7-8-15-11(9-10)20-6-2/h7-9H,5-6H2,1-4H3,(H,16,17)/t14-/m1/s1. The van der Waals surface area contributed by atoms with Gasteiger partial charge in [0.25, 0.3) is 5.91 Å². The molecule has 6 heteroatoms. The molecule has 20 heavy (non-hydrogen) atoms. The Bertz CT molecular complexity index is 493. The Balaban J connectivity index is 2.89. The van der Waals surface area contributed by atoms with Crippen LogP contribution in [0.3, 0.4) is 0 Å². The first-order valence-electron chi connectivity index (χ1n) is 6.46. The van der Waals surface area contributed by atoms with E-state index >= 15 is 0 Å². The lowest BCUT2D eigenvalue weighted by molar-refractivity contribution is -0.147. The average Bonchev–Trinajstić information content (AvgIpc) is 2.46. The number of rotatable bonds is 6. The van der Waals surface area contributed by atoms with Gasteiger partial charge in [-0.05, 0) is 31.2 Å². The van der Waals surface area contributed by atoms with E-state index in [9.17, 15) is 9.59 Å². The zero-order chi connectivity index (χ0) is 15.2. The van der Waals surface area contributed by atoms with Crippen LogP contribution >= 0.6 is 11.8 Å². The Morgan fingerprint density at radius 2 is 2.15 bits per heavy atom. The van der Waals surface area contributed by atoms with E-state index in [-0.39, 0.29) is 5.91 Å². The molecule has 1 aromatic rings. The van der Waals surface area contributed by atoms with Crippen molar-refractivity contribution in [3.05, 3.63) is 23.9 Å². The molecule has 0 spiro atoms. The van der Waals surface area contributed by atoms with Gasteiger partial charge in [0, 0.05) is 11.8 Å². The minimum absolute atomic E-state index is 0.305. The van der Waals surface area contributed by atoms with Gasteiger partial charge in [-0.2, -0.15) is 0 Å². The highest BCUT2D eigenvalue weighted by atomic mass is 32.2. The van der Waals surface area contributed by atoms with Crippen LogP contribution in [0.5, 0.6) is 0 Å². The van der Waals surface area contributed by atoms with Crippen molar-refractivity contribution in [1.29, 1.82) is 0 Å². The Morgan fingerprint density at radius 3 is 2.70 bits per heavy atom. The molecule has 0 radical (unpaired) electrons. The maximum absolute atomic E-state index is 12.2. The first-order chi connectivity index (χ1) is 9.46. The van der Waals surface area contributed by atoms with Crippen LogP contribution in [0.15, 0.2) is 23.4 Å². The van der Waals surface area contributed by atoms with Gasteiger partial charge in [-0.1, -0.05) is 13.8 Å². The molecule has 1 rings (SSSR count). The van der Waals surface area contributed by atoms with Crippen LogP contribution in [-0.4, -0.2) is 35.3 Å². The van der Waals surface area contributed by atoms with Crippen LogP contribution < -0.4 is 5.32 Å². The van der Waals surface area contributed by atoms with Gasteiger partial charge in [-0.15, -0.1) is 11.8 Å². The molecule has 0 aliphatic carbocycles. The van der Waals surface area contributed by atoms with Crippen LogP contribution in [0.1, 0.15) is 37.6 Å². The van der Waals surface area contributed by atoms with E-state index < -0.39 is 11.5 Å². The second-order valence-electron chi connectivity index (χ2n) is 4.45. The molecule has 0 fully saturated rings. The number of ether oxygens (including phenoxy) is 1. The van der Waals surface area contributed by atoms with Crippen LogP contribution in [0.2, 0.25) is 0 Å². The van der Waals surface area contributed by atoms with Crippen molar-refractivity contribution in [3.63, 3.8) is 0 Å². The molecule has 1 heterocycles. The minimum Gasteiger partial charge on any atom is -0.467 e. The van der Waals surface area contributed by atoms with Crippen molar-refractivity contribution < 1.29 is 14.3 Å². The number of pyridine rings is 1. The van der Waals surface area contributed by atoms with E-state index in [2.05, 4.69) is 10.3 Å². The quantitative estimate of drug-likeness (QED) is 0.644. The van der Waals surface area contributed by atoms with Crippen LogP contribution in [0.25, 0.3) is 0 Å². The summed E-state index contributed by atoms with van der Waals surface area (Å²) < 4.78 is 4.74. The summed E-state index contributed by atoms with van der Waals surface area (Å²) in [6.07, 6.45) is 2.04. The monoisotopic (exact) mass is 296 g/mol. The normalized spacial score (nSPS) is 13.4. The lowest BCUT2D eigenvalue weighted by Crippen LogP contribution is -2.52. The summed E-state index contributed by atoms with van der Waals surface area (Å²) in [5.74, 6) is 0.123. The third-order valence-corrected chi connectivity index (χ3v) is 3.83. The minimum atomic E-state index is -1.02. The molecule has 0 bridgehead atoms. The summed E-state index contributed by atoms with van der Waals surface area (Å²) in [5, 5.41) is 3.52. The molecule has 1 atom stereocenters. The number of carbonyl (C=O) groups excluding carboxylic acids is 2. The maximum Gasteiger partial charge on any atom is 0.331 e. The predicted molar refractivity (Wildman–Crippen MR) is 78.8 cm³/mol. The van der Waals surface area contributed by atoms with Gasteiger partial charge in [0.1, 0.15) is 5.54 Å². The number of aromatic nitrogens is 1. The smallest absolute Gasteiger partial charge is 0.331 e. The molecular formula is C14H20N2O3S. The molecule has 0 saturated carbocycles. The van der Waals surface area contributed by atoms with Gasteiger partial charge in [-0.25, -0.2) is 9.78 Å². The molecule has 1 aromatic heterocycles. The lowest BCUT2D eigenvalue weighted by atomic mass is 9.98. The number of hydrogen-bond acceptors (Lipinski definition) is 5. The van der Waals surface area contributed by atoms with Gasteiger partial charge < -0.3 is 10.1 Å². The number of esters is 1. The molecular weight excluding hydrogens is 276 g/mol. The number of nitrogens with zero attached hydrogens (tertiary/aromatic N) is 1. The number of nitrogens with one attached hydrogen (secondary N) is 1. The van der Waals surface area contributed by atoms with E-state index in [0.717, 1.165) is 10.8 Å². The van der Waals surface area contributed by atoms with Gasteiger partial charge in [0.2, 0.25) is 0 Å². The topological polar surface area (TPSA) is 68.3 Å². The van der Waals surface area contributed by atoms with E-state index in [1.165, 1.54) is 7.11 Å². The van der Waals surface area contributed by atoms with Crippen LogP contribution in [-0.2, 0) is 9.53 Å². The molecule has 1 N–H and O–H groups in total. The Labute approximate surface area is 123 Å². The zero-order valence-corrected chi connectivity index (χ0v) is 13.0. The van der Waals surface area contributed by atoms with Crippen molar-refractivity contribution in [1.82, 2.24) is 10.3 Å². The van der Waals surface area contributed by atoms with Crippen molar-refractivity contribution in [2.75, 3.05) is 12.9 Å². The third kappa shape index (κ3) is 3.96. The highest BCUT2D eigenvalue weighted by Gasteiger charge is 2.34. The molecule has 0 aromatic carbocycles. The van der Waals surface area contributed by atoms with Gasteiger partial charge >= 0.3 is 5.97 Å². The molecule has 110 valence electrons. The molecule has 0 aliphatic rings. The summed E-state index contributed by atoms with van der Waals surface area (Å²) in [5.41, 5.74) is -0.535. The molecule has 0 saturated heterocycles. The number of carbonyl (C=O) groups is 2. The summed E-state index contributed by atoms with van der Waals surface area (Å²) in [4.78, 5) is 28.2. The Hall–Kier alpha value is -1.56. The lowest BCUT2D eigenvalue weighted by Gasteiger charge is -2.26. The molecule has 0 unspecified atom stereocenters. The summed E-state index contributed by atoms with van der Waals surface area (Å²) in [7, 11) is 1.31. The first-order valence-corrected chi connectivity index (χ1v) is 7.45. The fourth-order valence-corrected chi connectivity index (χ4v) is 2.25. The molecule has 1 amide bonds. The summed E-state index contributed by atoms with van der Waals surface area (Å²) >= 11 is 1.56. The first kappa shape index (κ1) is 16.5. The SMILES string of the molecule is CCSc1cc(C(=O)N[C@](C)(CC)C(=O)OC)ccn1. The second-order valence-corrected chi connectivity index (χ2v) is 5.73. The highest BCUT2D eigenvalue weighted by molar-refractivity contribution is 7.99. The number of hydrogen-bond donors (Lipinski definition) is 1. The van der Waals surface area contributed by atoms with Crippen molar-refractivity contribution in [2.45, 2.75) is 37.8 Å². The van der Waals surface area contributed by atoms with Crippen LogP contribution in [0.4, 0.5) is 0 Å². The second kappa shape index (κ2) is 7.28. The Kier molecular flexibility index (Phi) is 6.01. The number of amides is 1. The predicted octanol–water partition coefficient (Wildman–Crippen LogP) is 2.27. The van der Waals surface area contributed by atoms with Crippen molar-refractivity contribution in [2.24, 2.45) is 0 Å². The highest BCUT2D eigenvalue weighted by Crippen LogP contribution is 2.17. The van der Waals surface area contributed by atoms with Crippen molar-refractivity contribution >= 4 is 23.6 Å². The summed E-state index contributed by atoms with van der Waals surface area (Å²) in [6.45, 7) is 5.49. The van der Waals surface area contributed by atoms with E-state index in [1.807, 2.05) is 13.8 Å². The maximum atomic E-state index is 12.2. The third-order valence-electron chi connectivity index (χ3n) is 3.02. The number of thioether (sulfide) groups is 1. The van der Waals surface area contributed by atoms with Gasteiger partial charge in [0.05, 0.1) is 12.1 Å².